The largest absolute Gasteiger partial charge is 0.466 e. The number of benzene rings is 2. The average Bonchev–Trinajstić information content (AvgIpc) is 2.70. The van der Waals surface area contributed by atoms with E-state index in [9.17, 15) is 9.59 Å². The second kappa shape index (κ2) is 9.68. The Hall–Kier alpha value is -3.54. The lowest BCUT2D eigenvalue weighted by molar-refractivity contribution is -0.135. The number of hydrogen-bond acceptors (Lipinski definition) is 6. The van der Waals surface area contributed by atoms with Crippen LogP contribution in [0.25, 0.3) is 12.2 Å². The van der Waals surface area contributed by atoms with E-state index < -0.39 is 11.9 Å². The van der Waals surface area contributed by atoms with Crippen LogP contribution < -0.4 is 0 Å². The molecule has 0 N–H and O–H groups in total. The number of carbonyl (C=O) groups excluding carboxylic acids is 2. The van der Waals surface area contributed by atoms with Gasteiger partial charge in [-0.1, -0.05) is 24.3 Å². The van der Waals surface area contributed by atoms with Crippen molar-refractivity contribution in [3.63, 3.8) is 0 Å². The predicted octanol–water partition coefficient (Wildman–Crippen LogP) is 4.47. The molecule has 0 spiro atoms. The Kier molecular flexibility index (Phi) is 7.00. The first-order chi connectivity index (χ1) is 12.6. The van der Waals surface area contributed by atoms with Crippen molar-refractivity contribution < 1.29 is 19.1 Å². The fraction of sp³-hybridized carbons (Fsp3) is 0.100. The minimum Gasteiger partial charge on any atom is -0.466 e. The van der Waals surface area contributed by atoms with Crippen molar-refractivity contribution in [2.75, 3.05) is 14.2 Å². The van der Waals surface area contributed by atoms with Gasteiger partial charge in [-0.05, 0) is 47.5 Å². The van der Waals surface area contributed by atoms with Crippen molar-refractivity contribution in [1.29, 1.82) is 0 Å². The lowest BCUT2D eigenvalue weighted by Crippen LogP contribution is -1.93. The van der Waals surface area contributed by atoms with Gasteiger partial charge in [0, 0.05) is 12.2 Å². The molecule has 0 saturated carbocycles. The highest BCUT2D eigenvalue weighted by molar-refractivity contribution is 5.87. The third kappa shape index (κ3) is 6.16. The van der Waals surface area contributed by atoms with Gasteiger partial charge in [0.2, 0.25) is 0 Å². The van der Waals surface area contributed by atoms with Crippen molar-refractivity contribution in [2.24, 2.45) is 10.2 Å². The first-order valence-corrected chi connectivity index (χ1v) is 7.74. The molecule has 2 aromatic carbocycles. The third-order valence-corrected chi connectivity index (χ3v) is 3.29. The Morgan fingerprint density at radius 3 is 1.35 bits per heavy atom. The summed E-state index contributed by atoms with van der Waals surface area (Å²) in [6, 6.07) is 14.5. The molecule has 0 atom stereocenters. The van der Waals surface area contributed by atoms with Crippen LogP contribution in [-0.2, 0) is 19.1 Å². The number of nitrogens with zero attached hydrogens (tertiary/aromatic N) is 2. The highest BCUT2D eigenvalue weighted by atomic mass is 16.5. The smallest absolute Gasteiger partial charge is 0.330 e. The van der Waals surface area contributed by atoms with Crippen LogP contribution >= 0.6 is 0 Å². The topological polar surface area (TPSA) is 77.3 Å². The number of methoxy groups -OCH3 is 2. The maximum absolute atomic E-state index is 11.1. The van der Waals surface area contributed by atoms with Crippen molar-refractivity contribution in [2.45, 2.75) is 0 Å². The van der Waals surface area contributed by atoms with E-state index in [2.05, 4.69) is 19.7 Å². The van der Waals surface area contributed by atoms with Gasteiger partial charge in [0.25, 0.3) is 0 Å². The number of rotatable bonds is 6. The molecule has 132 valence electrons. The van der Waals surface area contributed by atoms with Crippen molar-refractivity contribution in [3.05, 3.63) is 71.8 Å². The van der Waals surface area contributed by atoms with Crippen molar-refractivity contribution in [1.82, 2.24) is 0 Å². The Morgan fingerprint density at radius 1 is 0.692 bits per heavy atom. The van der Waals surface area contributed by atoms with Crippen molar-refractivity contribution >= 4 is 35.5 Å². The molecule has 0 unspecified atom stereocenters. The van der Waals surface area contributed by atoms with Gasteiger partial charge in [0.05, 0.1) is 25.6 Å². The summed E-state index contributed by atoms with van der Waals surface area (Å²) in [6.07, 6.45) is 6.03. The van der Waals surface area contributed by atoms with Gasteiger partial charge in [-0.3, -0.25) is 0 Å². The molecule has 0 aliphatic rings. The highest BCUT2D eigenvalue weighted by Crippen LogP contribution is 2.20. The zero-order valence-electron chi connectivity index (χ0n) is 14.5. The molecule has 0 heterocycles. The highest BCUT2D eigenvalue weighted by Gasteiger charge is 1.95. The Bertz CT molecular complexity index is 764. The number of azo groups is 1. The Balaban J connectivity index is 1.98. The lowest BCUT2D eigenvalue weighted by Gasteiger charge is -1.97. The van der Waals surface area contributed by atoms with Crippen molar-refractivity contribution in [3.8, 4) is 0 Å². The molecular weight excluding hydrogens is 332 g/mol. The van der Waals surface area contributed by atoms with Gasteiger partial charge >= 0.3 is 11.9 Å². The molecule has 0 aliphatic carbocycles. The molecule has 0 bridgehead atoms. The normalized spacial score (nSPS) is 11.3. The summed E-state index contributed by atoms with van der Waals surface area (Å²) in [5.41, 5.74) is 3.09. The van der Waals surface area contributed by atoms with E-state index in [1.54, 1.807) is 36.4 Å². The van der Waals surface area contributed by atoms with E-state index in [0.29, 0.717) is 11.4 Å². The van der Waals surface area contributed by atoms with Gasteiger partial charge < -0.3 is 9.47 Å². The third-order valence-electron chi connectivity index (χ3n) is 3.29. The Labute approximate surface area is 151 Å². The number of esters is 2. The minimum atomic E-state index is -0.404. The molecular formula is C20H18N2O4. The molecule has 0 radical (unpaired) electrons. The van der Waals surface area contributed by atoms with Crippen LogP contribution in [0.2, 0.25) is 0 Å². The van der Waals surface area contributed by atoms with E-state index in [1.165, 1.54) is 26.4 Å². The molecule has 0 fully saturated rings. The van der Waals surface area contributed by atoms with E-state index in [1.807, 2.05) is 24.3 Å². The standard InChI is InChI=1S/C20H18N2O4/c1-25-19(23)13-7-15-3-9-17(10-4-15)21-22-18-11-5-16(6-12-18)8-14-20(24)26-2/h3-14H,1-2H3. The molecule has 2 aromatic rings. The number of hydrogen-bond donors (Lipinski definition) is 0. The minimum absolute atomic E-state index is 0.404. The fourth-order valence-electron chi connectivity index (χ4n) is 1.88. The van der Waals surface area contributed by atoms with Gasteiger partial charge in [0.15, 0.2) is 0 Å². The molecule has 2 rings (SSSR count). The maximum atomic E-state index is 11.1. The number of ether oxygens (including phenoxy) is 2. The van der Waals surface area contributed by atoms with Gasteiger partial charge in [-0.25, -0.2) is 9.59 Å². The molecule has 0 saturated heterocycles. The molecule has 26 heavy (non-hydrogen) atoms. The quantitative estimate of drug-likeness (QED) is 0.437. The summed E-state index contributed by atoms with van der Waals surface area (Å²) in [6.45, 7) is 0. The van der Waals surface area contributed by atoms with E-state index in [0.717, 1.165) is 11.1 Å². The SMILES string of the molecule is COC(=O)C=Cc1ccc(N=Nc2ccc(C=CC(=O)OC)cc2)cc1. The number of carbonyl (C=O) groups is 2. The Morgan fingerprint density at radius 2 is 1.04 bits per heavy atom. The first kappa shape index (κ1) is 18.8. The molecule has 6 nitrogen and oxygen atoms in total. The van der Waals surface area contributed by atoms with Gasteiger partial charge in [0.1, 0.15) is 0 Å². The van der Waals surface area contributed by atoms with Crippen LogP contribution in [0.4, 0.5) is 11.4 Å². The molecule has 6 heteroatoms. The fourth-order valence-corrected chi connectivity index (χ4v) is 1.88. The first-order valence-electron chi connectivity index (χ1n) is 7.74. The lowest BCUT2D eigenvalue weighted by atomic mass is 10.2. The van der Waals surface area contributed by atoms with Crippen LogP contribution in [0.1, 0.15) is 11.1 Å². The maximum Gasteiger partial charge on any atom is 0.330 e. The zero-order chi connectivity index (χ0) is 18.8. The second-order valence-corrected chi connectivity index (χ2v) is 5.10. The van der Waals surface area contributed by atoms with Gasteiger partial charge in [-0.2, -0.15) is 10.2 Å². The average molecular weight is 350 g/mol. The monoisotopic (exact) mass is 350 g/mol. The predicted molar refractivity (Wildman–Crippen MR) is 99.2 cm³/mol. The van der Waals surface area contributed by atoms with Gasteiger partial charge in [-0.15, -0.1) is 0 Å². The molecule has 0 aromatic heterocycles. The second-order valence-electron chi connectivity index (χ2n) is 5.10. The summed E-state index contributed by atoms with van der Waals surface area (Å²) in [7, 11) is 2.66. The zero-order valence-corrected chi connectivity index (χ0v) is 14.5. The molecule has 0 aliphatic heterocycles. The van der Waals surface area contributed by atoms with Crippen LogP contribution in [0.3, 0.4) is 0 Å². The van der Waals surface area contributed by atoms with Crippen LogP contribution in [-0.4, -0.2) is 26.2 Å². The van der Waals surface area contributed by atoms with Crippen LogP contribution in [0.5, 0.6) is 0 Å². The summed E-state index contributed by atoms with van der Waals surface area (Å²) < 4.78 is 9.08. The van der Waals surface area contributed by atoms with E-state index >= 15 is 0 Å². The van der Waals surface area contributed by atoms with E-state index in [4.69, 9.17) is 0 Å². The van der Waals surface area contributed by atoms with Crippen LogP contribution in [0.15, 0.2) is 70.9 Å². The van der Waals surface area contributed by atoms with Crippen LogP contribution in [0, 0.1) is 0 Å². The summed E-state index contributed by atoms with van der Waals surface area (Å²) >= 11 is 0. The summed E-state index contributed by atoms with van der Waals surface area (Å²) in [5, 5.41) is 8.33. The molecule has 0 amide bonds. The van der Waals surface area contributed by atoms with E-state index in [-0.39, 0.29) is 0 Å². The summed E-state index contributed by atoms with van der Waals surface area (Å²) in [5.74, 6) is -0.808. The summed E-state index contributed by atoms with van der Waals surface area (Å²) in [4.78, 5) is 22.1.